The monoisotopic (exact) mass is 282 g/mol. The Bertz CT molecular complexity index is 424. The molecule has 0 aromatic carbocycles. The quantitative estimate of drug-likeness (QED) is 0.858. The van der Waals surface area contributed by atoms with Gasteiger partial charge in [-0.3, -0.25) is 10.1 Å². The van der Waals surface area contributed by atoms with Crippen LogP contribution >= 0.6 is 11.3 Å². The second kappa shape index (κ2) is 4.85. The molecular formula is C10H10F4N2OS. The molecule has 0 radical (unpaired) electrons. The van der Waals surface area contributed by atoms with Crippen LogP contribution in [-0.4, -0.2) is 36.2 Å². The number of thiophene rings is 1. The second-order valence-electron chi connectivity index (χ2n) is 3.88. The predicted octanol–water partition coefficient (Wildman–Crippen LogP) is 2.08. The molecule has 18 heavy (non-hydrogen) atoms. The van der Waals surface area contributed by atoms with E-state index in [1.54, 1.807) is 17.5 Å². The molecule has 1 unspecified atom stereocenters. The van der Waals surface area contributed by atoms with Crippen molar-refractivity contribution in [1.29, 1.82) is 0 Å². The van der Waals surface area contributed by atoms with Gasteiger partial charge in [0.25, 0.3) is 0 Å². The van der Waals surface area contributed by atoms with Crippen LogP contribution in [0.2, 0.25) is 0 Å². The Morgan fingerprint density at radius 1 is 1.56 bits per heavy atom. The molecule has 1 aliphatic heterocycles. The van der Waals surface area contributed by atoms with Crippen LogP contribution in [0.5, 0.6) is 0 Å². The number of carbonyl (C=O) groups excluding carboxylic acids is 1. The first-order valence-electron chi connectivity index (χ1n) is 5.14. The Morgan fingerprint density at radius 3 is 2.83 bits per heavy atom. The second-order valence-corrected chi connectivity index (χ2v) is 4.86. The van der Waals surface area contributed by atoms with Crippen LogP contribution in [0.3, 0.4) is 0 Å². The highest BCUT2D eigenvalue weighted by molar-refractivity contribution is 7.10. The van der Waals surface area contributed by atoms with E-state index in [2.05, 4.69) is 5.32 Å². The molecule has 1 saturated heterocycles. The van der Waals surface area contributed by atoms with Crippen LogP contribution in [0.15, 0.2) is 17.5 Å². The van der Waals surface area contributed by atoms with Crippen LogP contribution in [0.25, 0.3) is 0 Å². The SMILES string of the molecule is O=C1CNC(c2cccs2)N1CC(F)(F)C(F)F. The van der Waals surface area contributed by atoms with Crippen molar-refractivity contribution in [2.75, 3.05) is 13.1 Å². The predicted molar refractivity (Wildman–Crippen MR) is 57.7 cm³/mol. The van der Waals surface area contributed by atoms with Crippen molar-refractivity contribution in [2.24, 2.45) is 0 Å². The summed E-state index contributed by atoms with van der Waals surface area (Å²) in [6, 6.07) is 3.36. The maximum atomic E-state index is 13.0. The minimum absolute atomic E-state index is 0.123. The summed E-state index contributed by atoms with van der Waals surface area (Å²) >= 11 is 1.27. The van der Waals surface area contributed by atoms with Gasteiger partial charge in [-0.05, 0) is 11.4 Å². The molecule has 1 atom stereocenters. The van der Waals surface area contributed by atoms with Gasteiger partial charge in [-0.25, -0.2) is 8.78 Å². The Labute approximate surface area is 104 Å². The van der Waals surface area contributed by atoms with Gasteiger partial charge in [0.2, 0.25) is 5.91 Å². The summed E-state index contributed by atoms with van der Waals surface area (Å²) in [6.45, 7) is -1.40. The first kappa shape index (κ1) is 13.3. The van der Waals surface area contributed by atoms with Gasteiger partial charge >= 0.3 is 12.3 Å². The molecule has 1 amide bonds. The van der Waals surface area contributed by atoms with E-state index in [0.29, 0.717) is 4.88 Å². The van der Waals surface area contributed by atoms with Crippen molar-refractivity contribution >= 4 is 17.2 Å². The Morgan fingerprint density at radius 2 is 2.28 bits per heavy atom. The zero-order valence-corrected chi connectivity index (χ0v) is 9.89. The van der Waals surface area contributed by atoms with E-state index in [9.17, 15) is 22.4 Å². The van der Waals surface area contributed by atoms with Gasteiger partial charge < -0.3 is 4.90 Å². The summed E-state index contributed by atoms with van der Waals surface area (Å²) in [5.74, 6) is -4.80. The number of carbonyl (C=O) groups is 1. The summed E-state index contributed by atoms with van der Waals surface area (Å²) in [5, 5.41) is 4.45. The number of alkyl halides is 4. The molecule has 1 aliphatic rings. The van der Waals surface area contributed by atoms with Gasteiger partial charge in [0.05, 0.1) is 13.1 Å². The molecule has 1 N–H and O–H groups in total. The van der Waals surface area contributed by atoms with E-state index in [-0.39, 0.29) is 6.54 Å². The van der Waals surface area contributed by atoms with Gasteiger partial charge in [0.15, 0.2) is 0 Å². The molecule has 0 saturated carbocycles. The van der Waals surface area contributed by atoms with E-state index in [1.165, 1.54) is 11.3 Å². The van der Waals surface area contributed by atoms with E-state index in [0.717, 1.165) is 4.90 Å². The number of nitrogens with zero attached hydrogens (tertiary/aromatic N) is 1. The number of nitrogens with one attached hydrogen (secondary N) is 1. The van der Waals surface area contributed by atoms with Crippen LogP contribution in [0.4, 0.5) is 17.6 Å². The number of amides is 1. The van der Waals surface area contributed by atoms with Crippen molar-refractivity contribution < 1.29 is 22.4 Å². The first-order chi connectivity index (χ1) is 8.42. The van der Waals surface area contributed by atoms with Crippen molar-refractivity contribution in [2.45, 2.75) is 18.5 Å². The van der Waals surface area contributed by atoms with Crippen LogP contribution in [0, 0.1) is 0 Å². The smallest absolute Gasteiger partial charge is 0.315 e. The summed E-state index contributed by atoms with van der Waals surface area (Å²) in [7, 11) is 0. The highest BCUT2D eigenvalue weighted by atomic mass is 32.1. The molecule has 100 valence electrons. The molecular weight excluding hydrogens is 272 g/mol. The van der Waals surface area contributed by atoms with E-state index >= 15 is 0 Å². The average Bonchev–Trinajstić information content (AvgIpc) is 2.89. The lowest BCUT2D eigenvalue weighted by molar-refractivity contribution is -0.156. The largest absolute Gasteiger partial charge is 0.324 e. The van der Waals surface area contributed by atoms with Gasteiger partial charge in [-0.1, -0.05) is 6.07 Å². The van der Waals surface area contributed by atoms with E-state index in [4.69, 9.17) is 0 Å². The van der Waals surface area contributed by atoms with Crippen molar-refractivity contribution in [3.8, 4) is 0 Å². The number of hydrogen-bond donors (Lipinski definition) is 1. The summed E-state index contributed by atoms with van der Waals surface area (Å²) < 4.78 is 50.4. The van der Waals surface area contributed by atoms with Gasteiger partial charge in [-0.15, -0.1) is 11.3 Å². The van der Waals surface area contributed by atoms with Crippen molar-refractivity contribution in [3.63, 3.8) is 0 Å². The minimum Gasteiger partial charge on any atom is -0.315 e. The topological polar surface area (TPSA) is 32.3 Å². The van der Waals surface area contributed by atoms with Gasteiger partial charge in [-0.2, -0.15) is 8.78 Å². The zero-order valence-electron chi connectivity index (χ0n) is 9.08. The Balaban J connectivity index is 2.16. The lowest BCUT2D eigenvalue weighted by atomic mass is 10.3. The van der Waals surface area contributed by atoms with Crippen LogP contribution < -0.4 is 5.32 Å². The third kappa shape index (κ3) is 2.49. The molecule has 2 rings (SSSR count). The van der Waals surface area contributed by atoms with Crippen molar-refractivity contribution in [3.05, 3.63) is 22.4 Å². The molecule has 1 aromatic rings. The Kier molecular flexibility index (Phi) is 3.58. The lowest BCUT2D eigenvalue weighted by Crippen LogP contribution is -2.44. The number of rotatable bonds is 4. The third-order valence-electron chi connectivity index (χ3n) is 2.59. The minimum atomic E-state index is -4.20. The van der Waals surface area contributed by atoms with Crippen LogP contribution in [-0.2, 0) is 4.79 Å². The lowest BCUT2D eigenvalue weighted by Gasteiger charge is -2.27. The average molecular weight is 282 g/mol. The maximum absolute atomic E-state index is 13.0. The standard InChI is InChI=1S/C10H10F4N2OS/c11-9(12)10(13,14)5-16-7(17)4-15-8(16)6-2-1-3-18-6/h1-3,8-9,15H,4-5H2. The molecule has 2 heterocycles. The highest BCUT2D eigenvalue weighted by Gasteiger charge is 2.46. The Hall–Kier alpha value is -1.15. The first-order valence-corrected chi connectivity index (χ1v) is 6.02. The molecule has 1 fully saturated rings. The van der Waals surface area contributed by atoms with E-state index < -0.39 is 31.0 Å². The maximum Gasteiger partial charge on any atom is 0.324 e. The fourth-order valence-corrected chi connectivity index (χ4v) is 2.53. The molecule has 8 heteroatoms. The molecule has 0 spiro atoms. The number of hydrogen-bond acceptors (Lipinski definition) is 3. The molecule has 0 aliphatic carbocycles. The fourth-order valence-electron chi connectivity index (χ4n) is 1.72. The summed E-state index contributed by atoms with van der Waals surface area (Å²) in [4.78, 5) is 12.9. The molecule has 1 aromatic heterocycles. The molecule has 0 bridgehead atoms. The normalized spacial score (nSPS) is 21.1. The zero-order chi connectivity index (χ0) is 13.3. The summed E-state index contributed by atoms with van der Waals surface area (Å²) in [5.41, 5.74) is 0. The molecule has 3 nitrogen and oxygen atoms in total. The van der Waals surface area contributed by atoms with Crippen molar-refractivity contribution in [1.82, 2.24) is 10.2 Å². The van der Waals surface area contributed by atoms with Gasteiger partial charge in [0, 0.05) is 4.88 Å². The van der Waals surface area contributed by atoms with Crippen LogP contribution in [0.1, 0.15) is 11.0 Å². The fraction of sp³-hybridized carbons (Fsp3) is 0.500. The number of halogens is 4. The highest BCUT2D eigenvalue weighted by Crippen LogP contribution is 2.31. The summed E-state index contributed by atoms with van der Waals surface area (Å²) in [6.07, 6.45) is -4.53. The van der Waals surface area contributed by atoms with E-state index in [1.807, 2.05) is 0 Å². The van der Waals surface area contributed by atoms with Gasteiger partial charge in [0.1, 0.15) is 6.17 Å². The third-order valence-corrected chi connectivity index (χ3v) is 3.52.